The third-order valence-electron chi connectivity index (χ3n) is 3.39. The van der Waals surface area contributed by atoms with Crippen molar-refractivity contribution >= 4 is 17.0 Å². The Morgan fingerprint density at radius 2 is 2.11 bits per heavy atom. The van der Waals surface area contributed by atoms with Gasteiger partial charge in [0.25, 0.3) is 0 Å². The van der Waals surface area contributed by atoms with Crippen molar-refractivity contribution in [3.63, 3.8) is 0 Å². The van der Waals surface area contributed by atoms with Gasteiger partial charge in [-0.05, 0) is 44.9 Å². The highest BCUT2D eigenvalue weighted by Gasteiger charge is 2.27. The van der Waals surface area contributed by atoms with Crippen molar-refractivity contribution in [2.45, 2.75) is 27.2 Å². The number of hydrogen-bond acceptors (Lipinski definition) is 2. The molecule has 18 heavy (non-hydrogen) atoms. The van der Waals surface area contributed by atoms with E-state index in [1.54, 1.807) is 13.8 Å². The molecule has 1 aromatic heterocycles. The van der Waals surface area contributed by atoms with E-state index >= 15 is 0 Å². The van der Waals surface area contributed by atoms with Gasteiger partial charge < -0.3 is 9.67 Å². The Balaban J connectivity index is 2.41. The quantitative estimate of drug-likeness (QED) is 0.905. The number of aromatic nitrogens is 2. The predicted octanol–water partition coefficient (Wildman–Crippen LogP) is 2.54. The Hall–Kier alpha value is -1.84. The summed E-state index contributed by atoms with van der Waals surface area (Å²) in [7, 11) is 1.97. The van der Waals surface area contributed by atoms with Crippen LogP contribution in [0.4, 0.5) is 0 Å². The van der Waals surface area contributed by atoms with E-state index < -0.39 is 11.4 Å². The summed E-state index contributed by atoms with van der Waals surface area (Å²) in [4.78, 5) is 15.6. The summed E-state index contributed by atoms with van der Waals surface area (Å²) in [5.74, 6) is 0.184. The molecular formula is C14H18N2O2. The van der Waals surface area contributed by atoms with Gasteiger partial charge in [-0.2, -0.15) is 0 Å². The monoisotopic (exact) mass is 246 g/mol. The molecule has 4 heteroatoms. The van der Waals surface area contributed by atoms with Gasteiger partial charge in [-0.3, -0.25) is 4.79 Å². The zero-order valence-corrected chi connectivity index (χ0v) is 11.2. The summed E-state index contributed by atoms with van der Waals surface area (Å²) in [6, 6.07) is 5.94. The summed E-state index contributed by atoms with van der Waals surface area (Å²) < 4.78 is 2.02. The standard InChI is InChI=1S/C14H18N2O2/c1-9-15-11-6-5-10(7-12(11)16(9)4)8-14(2,3)13(17)18/h5-7H,8H2,1-4H3,(H,17,18). The van der Waals surface area contributed by atoms with Gasteiger partial charge in [0.2, 0.25) is 0 Å². The van der Waals surface area contributed by atoms with Crippen LogP contribution >= 0.6 is 0 Å². The third kappa shape index (κ3) is 2.10. The van der Waals surface area contributed by atoms with Crippen LogP contribution in [0, 0.1) is 12.3 Å². The van der Waals surface area contributed by atoms with Crippen molar-refractivity contribution in [3.05, 3.63) is 29.6 Å². The molecule has 0 spiro atoms. The first kappa shape index (κ1) is 12.6. The summed E-state index contributed by atoms with van der Waals surface area (Å²) in [6.07, 6.45) is 0.516. The number of nitrogens with zero attached hydrogens (tertiary/aromatic N) is 2. The van der Waals surface area contributed by atoms with Gasteiger partial charge in [0, 0.05) is 7.05 Å². The molecule has 0 saturated heterocycles. The molecular weight excluding hydrogens is 228 g/mol. The minimum atomic E-state index is -0.774. The van der Waals surface area contributed by atoms with Crippen molar-refractivity contribution < 1.29 is 9.90 Å². The van der Waals surface area contributed by atoms with Crippen LogP contribution in [-0.2, 0) is 18.3 Å². The lowest BCUT2D eigenvalue weighted by Crippen LogP contribution is -2.26. The van der Waals surface area contributed by atoms with Crippen molar-refractivity contribution in [2.75, 3.05) is 0 Å². The van der Waals surface area contributed by atoms with Crippen LogP contribution in [0.25, 0.3) is 11.0 Å². The lowest BCUT2D eigenvalue weighted by atomic mass is 9.86. The molecule has 96 valence electrons. The topological polar surface area (TPSA) is 55.1 Å². The van der Waals surface area contributed by atoms with Gasteiger partial charge >= 0.3 is 5.97 Å². The second-order valence-corrected chi connectivity index (χ2v) is 5.41. The van der Waals surface area contributed by atoms with Crippen molar-refractivity contribution in [1.82, 2.24) is 9.55 Å². The first-order valence-corrected chi connectivity index (χ1v) is 5.96. The molecule has 1 aromatic carbocycles. The minimum absolute atomic E-state index is 0.516. The Labute approximate surface area is 106 Å². The maximum Gasteiger partial charge on any atom is 0.309 e. The molecule has 0 radical (unpaired) electrons. The highest BCUT2D eigenvalue weighted by atomic mass is 16.4. The first-order chi connectivity index (χ1) is 8.31. The molecule has 0 aliphatic carbocycles. The SMILES string of the molecule is Cc1nc2ccc(CC(C)(C)C(=O)O)cc2n1C. The van der Waals surface area contributed by atoms with Gasteiger partial charge in [-0.1, -0.05) is 6.07 Å². The van der Waals surface area contributed by atoms with E-state index in [1.807, 2.05) is 36.7 Å². The molecule has 0 saturated carbocycles. The smallest absolute Gasteiger partial charge is 0.309 e. The molecule has 2 aromatic rings. The minimum Gasteiger partial charge on any atom is -0.481 e. The molecule has 0 aliphatic rings. The van der Waals surface area contributed by atoms with Gasteiger partial charge in [-0.25, -0.2) is 4.98 Å². The molecule has 1 heterocycles. The number of rotatable bonds is 3. The average molecular weight is 246 g/mol. The molecule has 0 fully saturated rings. The van der Waals surface area contributed by atoms with Crippen LogP contribution in [0.3, 0.4) is 0 Å². The fourth-order valence-electron chi connectivity index (χ4n) is 2.05. The number of aliphatic carboxylic acids is 1. The molecule has 4 nitrogen and oxygen atoms in total. The fourth-order valence-corrected chi connectivity index (χ4v) is 2.05. The number of hydrogen-bond donors (Lipinski definition) is 1. The summed E-state index contributed by atoms with van der Waals surface area (Å²) >= 11 is 0. The third-order valence-corrected chi connectivity index (χ3v) is 3.39. The number of carboxylic acids is 1. The average Bonchev–Trinajstić information content (AvgIpc) is 2.55. The van der Waals surface area contributed by atoms with Crippen LogP contribution in [0.1, 0.15) is 25.2 Å². The van der Waals surface area contributed by atoms with Gasteiger partial charge in [0.15, 0.2) is 0 Å². The van der Waals surface area contributed by atoms with Gasteiger partial charge in [0.1, 0.15) is 5.82 Å². The van der Waals surface area contributed by atoms with E-state index in [1.165, 1.54) is 0 Å². The number of aryl methyl sites for hydroxylation is 2. The number of imidazole rings is 1. The van der Waals surface area contributed by atoms with E-state index in [2.05, 4.69) is 4.98 Å². The number of carboxylic acid groups (broad SMARTS) is 1. The van der Waals surface area contributed by atoms with Gasteiger partial charge in [0.05, 0.1) is 16.4 Å². The maximum atomic E-state index is 11.1. The molecule has 0 atom stereocenters. The van der Waals surface area contributed by atoms with Crippen LogP contribution in [0.5, 0.6) is 0 Å². The molecule has 2 rings (SSSR count). The molecule has 0 aliphatic heterocycles. The Bertz CT molecular complexity index is 612. The first-order valence-electron chi connectivity index (χ1n) is 5.96. The van der Waals surface area contributed by atoms with Crippen molar-refractivity contribution in [2.24, 2.45) is 12.5 Å². The Morgan fingerprint density at radius 3 is 2.72 bits per heavy atom. The highest BCUT2D eigenvalue weighted by Crippen LogP contribution is 2.24. The summed E-state index contributed by atoms with van der Waals surface area (Å²) in [6.45, 7) is 5.45. The number of benzene rings is 1. The van der Waals surface area contributed by atoms with E-state index in [0.717, 1.165) is 22.4 Å². The number of fused-ring (bicyclic) bond motifs is 1. The maximum absolute atomic E-state index is 11.1. The molecule has 0 bridgehead atoms. The van der Waals surface area contributed by atoms with Crippen LogP contribution in [-0.4, -0.2) is 20.6 Å². The van der Waals surface area contributed by atoms with E-state index in [4.69, 9.17) is 5.11 Å². The molecule has 0 unspecified atom stereocenters. The Morgan fingerprint density at radius 1 is 1.44 bits per heavy atom. The van der Waals surface area contributed by atoms with E-state index in [0.29, 0.717) is 6.42 Å². The highest BCUT2D eigenvalue weighted by molar-refractivity contribution is 5.78. The predicted molar refractivity (Wildman–Crippen MR) is 70.6 cm³/mol. The zero-order chi connectivity index (χ0) is 13.5. The zero-order valence-electron chi connectivity index (χ0n) is 11.2. The summed E-state index contributed by atoms with van der Waals surface area (Å²) in [5, 5.41) is 9.16. The fraction of sp³-hybridized carbons (Fsp3) is 0.429. The molecule has 0 amide bonds. The van der Waals surface area contributed by atoms with E-state index in [9.17, 15) is 4.79 Å². The second-order valence-electron chi connectivity index (χ2n) is 5.41. The van der Waals surface area contributed by atoms with Gasteiger partial charge in [-0.15, -0.1) is 0 Å². The van der Waals surface area contributed by atoms with Crippen LogP contribution in [0.2, 0.25) is 0 Å². The number of carbonyl (C=O) groups is 1. The lowest BCUT2D eigenvalue weighted by Gasteiger charge is -2.18. The lowest BCUT2D eigenvalue weighted by molar-refractivity contribution is -0.146. The largest absolute Gasteiger partial charge is 0.481 e. The summed E-state index contributed by atoms with van der Waals surface area (Å²) in [5.41, 5.74) is 2.28. The van der Waals surface area contributed by atoms with E-state index in [-0.39, 0.29) is 0 Å². The van der Waals surface area contributed by atoms with Crippen molar-refractivity contribution in [1.29, 1.82) is 0 Å². The van der Waals surface area contributed by atoms with Crippen LogP contribution in [0.15, 0.2) is 18.2 Å². The Kier molecular flexibility index (Phi) is 2.89. The second kappa shape index (κ2) is 4.12. The van der Waals surface area contributed by atoms with Crippen LogP contribution < -0.4 is 0 Å². The van der Waals surface area contributed by atoms with Crippen molar-refractivity contribution in [3.8, 4) is 0 Å². The molecule has 1 N–H and O–H groups in total. The normalized spacial score (nSPS) is 12.0.